The van der Waals surface area contributed by atoms with Gasteiger partial charge < -0.3 is 4.98 Å². The summed E-state index contributed by atoms with van der Waals surface area (Å²) in [7, 11) is 0. The Kier molecular flexibility index (Phi) is 2.48. The van der Waals surface area contributed by atoms with E-state index >= 15 is 0 Å². The molecule has 2 rings (SSSR count). The number of aromatic amines is 1. The SMILES string of the molecule is Cc1c[nH]c(=S)n1-c1cnn(C(C)C)c1. The van der Waals surface area contributed by atoms with Gasteiger partial charge in [0.25, 0.3) is 0 Å². The predicted molar refractivity (Wildman–Crippen MR) is 61.9 cm³/mol. The molecule has 0 atom stereocenters. The van der Waals surface area contributed by atoms with Crippen molar-refractivity contribution in [1.82, 2.24) is 19.3 Å². The Labute approximate surface area is 93.6 Å². The van der Waals surface area contributed by atoms with Crippen LogP contribution in [-0.4, -0.2) is 19.3 Å². The van der Waals surface area contributed by atoms with Crippen molar-refractivity contribution in [1.29, 1.82) is 0 Å². The van der Waals surface area contributed by atoms with E-state index in [0.717, 1.165) is 11.4 Å². The van der Waals surface area contributed by atoms with Crippen molar-refractivity contribution in [2.24, 2.45) is 0 Å². The molecule has 0 aliphatic rings. The van der Waals surface area contributed by atoms with Gasteiger partial charge in [0.2, 0.25) is 0 Å². The second-order valence-corrected chi connectivity index (χ2v) is 4.23. The molecule has 0 spiro atoms. The maximum atomic E-state index is 5.20. The maximum absolute atomic E-state index is 5.20. The summed E-state index contributed by atoms with van der Waals surface area (Å²) in [6, 6.07) is 0.368. The van der Waals surface area contributed by atoms with Gasteiger partial charge in [-0.3, -0.25) is 9.25 Å². The smallest absolute Gasteiger partial charge is 0.182 e. The first-order chi connectivity index (χ1) is 7.09. The van der Waals surface area contributed by atoms with Crippen LogP contribution in [-0.2, 0) is 0 Å². The minimum Gasteiger partial charge on any atom is -0.337 e. The number of nitrogens with one attached hydrogen (secondary N) is 1. The zero-order valence-corrected chi connectivity index (χ0v) is 9.88. The molecule has 0 aromatic carbocycles. The van der Waals surface area contributed by atoms with Crippen LogP contribution in [0.25, 0.3) is 5.69 Å². The van der Waals surface area contributed by atoms with Gasteiger partial charge in [-0.25, -0.2) is 0 Å². The molecule has 2 heterocycles. The normalized spacial score (nSPS) is 11.2. The average molecular weight is 222 g/mol. The first-order valence-corrected chi connectivity index (χ1v) is 5.32. The van der Waals surface area contributed by atoms with Crippen LogP contribution in [0, 0.1) is 11.7 Å². The average Bonchev–Trinajstić information content (AvgIpc) is 2.73. The Balaban J connectivity index is 2.50. The lowest BCUT2D eigenvalue weighted by atomic mass is 10.4. The molecule has 0 bridgehead atoms. The van der Waals surface area contributed by atoms with Gasteiger partial charge in [0.05, 0.1) is 11.9 Å². The molecule has 15 heavy (non-hydrogen) atoms. The van der Waals surface area contributed by atoms with E-state index in [-0.39, 0.29) is 0 Å². The lowest BCUT2D eigenvalue weighted by Gasteiger charge is -2.03. The Morgan fingerprint density at radius 1 is 1.47 bits per heavy atom. The summed E-state index contributed by atoms with van der Waals surface area (Å²) in [5, 5.41) is 4.29. The van der Waals surface area contributed by atoms with E-state index in [1.807, 2.05) is 34.8 Å². The zero-order valence-electron chi connectivity index (χ0n) is 9.06. The lowest BCUT2D eigenvalue weighted by Crippen LogP contribution is -2.00. The van der Waals surface area contributed by atoms with Gasteiger partial charge in [-0.15, -0.1) is 0 Å². The molecule has 5 heteroatoms. The first-order valence-electron chi connectivity index (χ1n) is 4.91. The van der Waals surface area contributed by atoms with E-state index in [2.05, 4.69) is 23.9 Å². The van der Waals surface area contributed by atoms with E-state index in [9.17, 15) is 0 Å². The molecular formula is C10H14N4S. The Hall–Kier alpha value is -1.36. The summed E-state index contributed by atoms with van der Waals surface area (Å²) in [6.07, 6.45) is 5.73. The molecule has 0 unspecified atom stereocenters. The molecule has 2 aromatic rings. The van der Waals surface area contributed by atoms with Crippen LogP contribution < -0.4 is 0 Å². The largest absolute Gasteiger partial charge is 0.337 e. The van der Waals surface area contributed by atoms with Crippen LogP contribution in [0.4, 0.5) is 0 Å². The molecule has 4 nitrogen and oxygen atoms in total. The highest BCUT2D eigenvalue weighted by Crippen LogP contribution is 2.13. The summed E-state index contributed by atoms with van der Waals surface area (Å²) in [6.45, 7) is 6.21. The van der Waals surface area contributed by atoms with E-state index in [0.29, 0.717) is 10.8 Å². The van der Waals surface area contributed by atoms with Gasteiger partial charge in [-0.1, -0.05) is 0 Å². The van der Waals surface area contributed by atoms with E-state index < -0.39 is 0 Å². The minimum atomic E-state index is 0.368. The number of nitrogens with zero attached hydrogens (tertiary/aromatic N) is 3. The molecule has 80 valence electrons. The predicted octanol–water partition coefficient (Wildman–Crippen LogP) is 2.62. The van der Waals surface area contributed by atoms with E-state index in [1.165, 1.54) is 0 Å². The molecule has 0 fully saturated rings. The number of aromatic nitrogens is 4. The van der Waals surface area contributed by atoms with Crippen LogP contribution in [0.15, 0.2) is 18.6 Å². The molecule has 0 amide bonds. The van der Waals surface area contributed by atoms with Crippen molar-refractivity contribution in [3.8, 4) is 5.69 Å². The molecular weight excluding hydrogens is 208 g/mol. The quantitative estimate of drug-likeness (QED) is 0.793. The maximum Gasteiger partial charge on any atom is 0.182 e. The highest BCUT2D eigenvalue weighted by molar-refractivity contribution is 7.71. The highest BCUT2D eigenvalue weighted by atomic mass is 32.1. The highest BCUT2D eigenvalue weighted by Gasteiger charge is 2.06. The van der Waals surface area contributed by atoms with Crippen molar-refractivity contribution < 1.29 is 0 Å². The Bertz CT molecular complexity index is 518. The van der Waals surface area contributed by atoms with Crippen LogP contribution in [0.5, 0.6) is 0 Å². The summed E-state index contributed by atoms with van der Waals surface area (Å²) in [5.74, 6) is 0. The van der Waals surface area contributed by atoms with Gasteiger partial charge >= 0.3 is 0 Å². The summed E-state index contributed by atoms with van der Waals surface area (Å²) in [5.41, 5.74) is 2.09. The fraction of sp³-hybridized carbons (Fsp3) is 0.400. The molecule has 0 radical (unpaired) electrons. The topological polar surface area (TPSA) is 38.5 Å². The molecule has 0 saturated carbocycles. The molecule has 1 N–H and O–H groups in total. The van der Waals surface area contributed by atoms with Gasteiger partial charge in [0.1, 0.15) is 0 Å². The van der Waals surface area contributed by atoms with Crippen molar-refractivity contribution in [3.63, 3.8) is 0 Å². The van der Waals surface area contributed by atoms with E-state index in [4.69, 9.17) is 12.2 Å². The summed E-state index contributed by atoms with van der Waals surface area (Å²) < 4.78 is 4.60. The second-order valence-electron chi connectivity index (χ2n) is 3.84. The first kappa shape index (κ1) is 10.2. The summed E-state index contributed by atoms with van der Waals surface area (Å²) in [4.78, 5) is 3.01. The van der Waals surface area contributed by atoms with Crippen molar-refractivity contribution in [2.45, 2.75) is 26.8 Å². The number of H-pyrrole nitrogens is 1. The zero-order chi connectivity index (χ0) is 11.0. The Morgan fingerprint density at radius 3 is 2.67 bits per heavy atom. The standard InChI is InChI=1S/C10H14N4S/c1-7(2)13-6-9(5-12-13)14-8(3)4-11-10(14)15/h4-7H,1-3H3,(H,11,15). The van der Waals surface area contributed by atoms with Crippen molar-refractivity contribution in [2.75, 3.05) is 0 Å². The monoisotopic (exact) mass is 222 g/mol. The third-order valence-electron chi connectivity index (χ3n) is 2.34. The van der Waals surface area contributed by atoms with Crippen LogP contribution in [0.3, 0.4) is 0 Å². The third-order valence-corrected chi connectivity index (χ3v) is 2.64. The number of imidazole rings is 1. The van der Waals surface area contributed by atoms with Gasteiger partial charge in [0, 0.05) is 24.1 Å². The van der Waals surface area contributed by atoms with Crippen molar-refractivity contribution in [3.05, 3.63) is 29.1 Å². The van der Waals surface area contributed by atoms with Gasteiger partial charge in [-0.2, -0.15) is 5.10 Å². The molecule has 0 aliphatic carbocycles. The minimum absolute atomic E-state index is 0.368. The third kappa shape index (κ3) is 1.74. The molecule has 0 saturated heterocycles. The van der Waals surface area contributed by atoms with Crippen molar-refractivity contribution >= 4 is 12.2 Å². The fourth-order valence-electron chi connectivity index (χ4n) is 1.50. The lowest BCUT2D eigenvalue weighted by molar-refractivity contribution is 0.532. The van der Waals surface area contributed by atoms with E-state index in [1.54, 1.807) is 0 Å². The van der Waals surface area contributed by atoms with Gasteiger partial charge in [0.15, 0.2) is 4.77 Å². The number of hydrogen-bond donors (Lipinski definition) is 1. The number of aryl methyl sites for hydroxylation is 1. The fourth-order valence-corrected chi connectivity index (χ4v) is 1.81. The molecule has 0 aliphatic heterocycles. The molecule has 2 aromatic heterocycles. The summed E-state index contributed by atoms with van der Waals surface area (Å²) >= 11 is 5.20. The van der Waals surface area contributed by atoms with Crippen LogP contribution in [0.2, 0.25) is 0 Å². The number of rotatable bonds is 2. The second kappa shape index (κ2) is 3.66. The Morgan fingerprint density at radius 2 is 2.20 bits per heavy atom. The number of hydrogen-bond acceptors (Lipinski definition) is 2. The van der Waals surface area contributed by atoms with Crippen LogP contribution >= 0.6 is 12.2 Å². The van der Waals surface area contributed by atoms with Gasteiger partial charge in [-0.05, 0) is 33.0 Å². The van der Waals surface area contributed by atoms with Crippen LogP contribution in [0.1, 0.15) is 25.6 Å².